The number of rotatable bonds is 10. The van der Waals surface area contributed by atoms with Crippen LogP contribution >= 0.6 is 11.8 Å². The van der Waals surface area contributed by atoms with Gasteiger partial charge in [0.2, 0.25) is 6.71 Å². The Hall–Kier alpha value is -11.9. The van der Waals surface area contributed by atoms with Crippen molar-refractivity contribution in [3.05, 3.63) is 351 Å². The van der Waals surface area contributed by atoms with E-state index < -0.39 is 0 Å². The van der Waals surface area contributed by atoms with Gasteiger partial charge < -0.3 is 14.0 Å². The number of hydrogen-bond donors (Lipinski definition) is 0. The predicted molar refractivity (Wildman–Crippen MR) is 440 cm³/mol. The maximum absolute atomic E-state index is 2.67. The molecule has 3 nitrogen and oxygen atoms in total. The van der Waals surface area contributed by atoms with Crippen LogP contribution in [0, 0.1) is 0 Å². The molecule has 19 rings (SSSR count). The third-order valence-electron chi connectivity index (χ3n) is 21.7. The van der Waals surface area contributed by atoms with Gasteiger partial charge in [-0.15, -0.1) is 0 Å². The van der Waals surface area contributed by atoms with Crippen LogP contribution in [0.15, 0.2) is 350 Å². The SMILES string of the molecule is CC(C)(C)c1ccc2c(c1)c1cc(C(C)(C)C)ccc1n2-c1ccc2c(c1)c1c3c(ccc1n2-c1ccccc1)B1c2cc(-c4cccc(-c5ccccc5)c4)ccc2N(c2c(-c4ccc(-c5ccccc5)cc4)cccc2-c2ccc(-c4ccccc4)cc2)c2cc(-c4ccccc4)cc(c21)S3. The molecule has 2 aliphatic rings. The second kappa shape index (κ2) is 24.4. The first-order valence-electron chi connectivity index (χ1n) is 36.1. The van der Waals surface area contributed by atoms with Gasteiger partial charge in [0, 0.05) is 65.2 Å². The second-order valence-electron chi connectivity index (χ2n) is 30.0. The summed E-state index contributed by atoms with van der Waals surface area (Å²) in [7, 11) is 0. The van der Waals surface area contributed by atoms with Crippen LogP contribution in [0.2, 0.25) is 0 Å². The van der Waals surface area contributed by atoms with Crippen molar-refractivity contribution in [1.29, 1.82) is 0 Å². The van der Waals surface area contributed by atoms with Crippen molar-refractivity contribution in [2.24, 2.45) is 0 Å². The Balaban J connectivity index is 0.895. The van der Waals surface area contributed by atoms with Gasteiger partial charge in [0.05, 0.1) is 27.8 Å². The highest BCUT2D eigenvalue weighted by Crippen LogP contribution is 2.53. The summed E-state index contributed by atoms with van der Waals surface area (Å²) in [5.74, 6) is 0. The number of fused-ring (bicyclic) bond motifs is 11. The summed E-state index contributed by atoms with van der Waals surface area (Å²) < 4.78 is 5.05. The van der Waals surface area contributed by atoms with E-state index in [4.69, 9.17) is 0 Å². The summed E-state index contributed by atoms with van der Waals surface area (Å²) in [6.45, 7) is 13.8. The molecule has 0 spiro atoms. The maximum Gasteiger partial charge on any atom is 0.249 e. The van der Waals surface area contributed by atoms with Crippen LogP contribution in [-0.2, 0) is 10.8 Å². The lowest BCUT2D eigenvalue weighted by atomic mass is 9.34. The topological polar surface area (TPSA) is 13.1 Å². The number of anilines is 3. The molecular weight excluding hydrogens is 1260 g/mol. The van der Waals surface area contributed by atoms with Crippen LogP contribution in [0.5, 0.6) is 0 Å². The fourth-order valence-electron chi connectivity index (χ4n) is 16.5. The monoisotopic (exact) mass is 1340 g/mol. The van der Waals surface area contributed by atoms with Gasteiger partial charge in [-0.2, -0.15) is 0 Å². The average Bonchev–Trinajstić information content (AvgIpc) is 1.68. The quantitative estimate of drug-likeness (QED) is 0.127. The molecule has 0 saturated heterocycles. The number of hydrogen-bond acceptors (Lipinski definition) is 2. The Bertz CT molecular complexity index is 6010. The summed E-state index contributed by atoms with van der Waals surface area (Å²) in [5, 5.41) is 5.04. The fourth-order valence-corrected chi connectivity index (χ4v) is 17.8. The minimum Gasteiger partial charge on any atom is -0.310 e. The van der Waals surface area contributed by atoms with Gasteiger partial charge in [-0.3, -0.25) is 0 Å². The molecule has 0 fully saturated rings. The van der Waals surface area contributed by atoms with E-state index in [2.05, 4.69) is 395 Å². The first kappa shape index (κ1) is 62.1. The summed E-state index contributed by atoms with van der Waals surface area (Å²) in [6.07, 6.45) is 0. The molecule has 2 aromatic heterocycles. The van der Waals surface area contributed by atoms with Crippen molar-refractivity contribution in [3.63, 3.8) is 0 Å². The molecular formula is C98H74BN3S. The van der Waals surface area contributed by atoms with E-state index in [1.807, 2.05) is 11.8 Å². The largest absolute Gasteiger partial charge is 0.310 e. The van der Waals surface area contributed by atoms with Crippen LogP contribution in [0.3, 0.4) is 0 Å². The van der Waals surface area contributed by atoms with Crippen molar-refractivity contribution < 1.29 is 0 Å². The van der Waals surface area contributed by atoms with Crippen molar-refractivity contribution in [2.45, 2.75) is 62.2 Å². The molecule has 103 heavy (non-hydrogen) atoms. The molecule has 15 aromatic carbocycles. The maximum atomic E-state index is 2.67. The zero-order chi connectivity index (χ0) is 69.2. The van der Waals surface area contributed by atoms with Gasteiger partial charge >= 0.3 is 0 Å². The minimum atomic E-state index is -0.172. The third kappa shape index (κ3) is 10.6. The van der Waals surface area contributed by atoms with Crippen LogP contribution in [0.4, 0.5) is 17.1 Å². The second-order valence-corrected chi connectivity index (χ2v) is 31.1. The average molecular weight is 1340 g/mol. The van der Waals surface area contributed by atoms with Gasteiger partial charge in [0.25, 0.3) is 0 Å². The van der Waals surface area contributed by atoms with Gasteiger partial charge in [-0.05, 0) is 185 Å². The van der Waals surface area contributed by atoms with E-state index in [9.17, 15) is 0 Å². The molecule has 0 unspecified atom stereocenters. The molecule has 5 heteroatoms. The van der Waals surface area contributed by atoms with Gasteiger partial charge in [-0.1, -0.05) is 314 Å². The summed E-state index contributed by atoms with van der Waals surface area (Å²) in [6, 6.07) is 128. The molecule has 2 aliphatic heterocycles. The van der Waals surface area contributed by atoms with Crippen molar-refractivity contribution in [2.75, 3.05) is 4.90 Å². The van der Waals surface area contributed by atoms with E-state index in [0.29, 0.717) is 0 Å². The molecule has 0 aliphatic carbocycles. The normalized spacial score (nSPS) is 12.7. The van der Waals surface area contributed by atoms with Crippen LogP contribution in [-0.4, -0.2) is 15.8 Å². The van der Waals surface area contributed by atoms with Crippen molar-refractivity contribution in [1.82, 2.24) is 9.13 Å². The molecule has 0 radical (unpaired) electrons. The molecule has 490 valence electrons. The Morgan fingerprint density at radius 3 is 1.26 bits per heavy atom. The van der Waals surface area contributed by atoms with Crippen LogP contribution < -0.4 is 21.3 Å². The van der Waals surface area contributed by atoms with Gasteiger partial charge in [0.1, 0.15) is 0 Å². The Labute approximate surface area is 607 Å². The number of benzene rings is 15. The molecule has 0 amide bonds. The molecule has 0 N–H and O–H groups in total. The summed E-state index contributed by atoms with van der Waals surface area (Å²) in [4.78, 5) is 5.19. The lowest BCUT2D eigenvalue weighted by Crippen LogP contribution is -2.60. The van der Waals surface area contributed by atoms with E-state index in [0.717, 1.165) is 45.0 Å². The van der Waals surface area contributed by atoms with Crippen LogP contribution in [0.1, 0.15) is 52.7 Å². The number of nitrogens with zero attached hydrogens (tertiary/aromatic N) is 3. The minimum absolute atomic E-state index is 0.0220. The molecule has 0 bridgehead atoms. The van der Waals surface area contributed by atoms with Crippen molar-refractivity contribution in [3.8, 4) is 89.3 Å². The molecule has 4 heterocycles. The standard InChI is InChI=1S/C98H74BN3S/c1-97(2,3)75-47-52-86-81(60-75)82-61-76(98(4,5)6)48-53-87(82)101(86)78-49-54-88-83(62-78)93-90(100(88)77-34-20-11-21-35-77)55-50-84-96(93)103-92-59-74(66-30-18-10-19-31-66)58-91-94(92)99(84)85-57-73(72-33-22-32-71(56-72)65-28-16-9-17-29-65)46-51-89(85)102(91)95-79(69-42-38-67(39-43-69)63-24-12-7-13-25-63)36-23-37-80(95)70-44-40-68(41-45-70)64-26-14-8-15-27-64/h7-62H,1-6H3. The zero-order valence-electron chi connectivity index (χ0n) is 58.7. The molecule has 0 atom stereocenters. The van der Waals surface area contributed by atoms with E-state index >= 15 is 0 Å². The zero-order valence-corrected chi connectivity index (χ0v) is 59.5. The first-order chi connectivity index (χ1) is 50.3. The summed E-state index contributed by atoms with van der Waals surface area (Å²) >= 11 is 1.95. The number of para-hydroxylation sites is 2. The molecule has 17 aromatic rings. The van der Waals surface area contributed by atoms with E-state index in [1.165, 1.54) is 142 Å². The first-order valence-corrected chi connectivity index (χ1v) is 36.9. The Morgan fingerprint density at radius 2 is 0.709 bits per heavy atom. The molecule has 0 saturated carbocycles. The predicted octanol–water partition coefficient (Wildman–Crippen LogP) is 24.9. The third-order valence-corrected chi connectivity index (χ3v) is 22.9. The lowest BCUT2D eigenvalue weighted by molar-refractivity contribution is 0.590. The smallest absolute Gasteiger partial charge is 0.249 e. The number of aromatic nitrogens is 2. The van der Waals surface area contributed by atoms with E-state index in [-0.39, 0.29) is 17.5 Å². The van der Waals surface area contributed by atoms with Gasteiger partial charge in [-0.25, -0.2) is 0 Å². The Morgan fingerprint density at radius 1 is 0.282 bits per heavy atom. The van der Waals surface area contributed by atoms with Crippen LogP contribution in [0.25, 0.3) is 133 Å². The Kier molecular flexibility index (Phi) is 14.7. The highest BCUT2D eigenvalue weighted by atomic mass is 32.2. The van der Waals surface area contributed by atoms with E-state index in [1.54, 1.807) is 0 Å². The highest BCUT2D eigenvalue weighted by molar-refractivity contribution is 8.00. The fraction of sp³-hybridized carbons (Fsp3) is 0.0816. The highest BCUT2D eigenvalue weighted by Gasteiger charge is 2.44. The van der Waals surface area contributed by atoms with Crippen molar-refractivity contribution >= 4 is 95.5 Å². The summed E-state index contributed by atoms with van der Waals surface area (Å²) in [5.41, 5.74) is 33.4. The lowest BCUT2D eigenvalue weighted by Gasteiger charge is -2.42. The van der Waals surface area contributed by atoms with Gasteiger partial charge in [0.15, 0.2) is 0 Å².